The number of aryl methyl sites for hydroxylation is 1. The molecule has 31 heavy (non-hydrogen) atoms. The molecule has 1 atom stereocenters. The van der Waals surface area contributed by atoms with Gasteiger partial charge >= 0.3 is 5.97 Å². The molecule has 4 rings (SSSR count). The molecule has 3 heterocycles. The van der Waals surface area contributed by atoms with Gasteiger partial charge < -0.3 is 9.15 Å². The van der Waals surface area contributed by atoms with Gasteiger partial charge in [0.1, 0.15) is 11.5 Å². The first-order chi connectivity index (χ1) is 14.9. The summed E-state index contributed by atoms with van der Waals surface area (Å²) in [5.41, 5.74) is 1.55. The van der Waals surface area contributed by atoms with Gasteiger partial charge in [-0.05, 0) is 56.9 Å². The van der Waals surface area contributed by atoms with E-state index in [2.05, 4.69) is 4.99 Å². The molecule has 0 unspecified atom stereocenters. The average Bonchev–Trinajstić information content (AvgIpc) is 3.30. The number of carbonyl (C=O) groups is 1. The molecule has 6 nitrogen and oxygen atoms in total. The number of thioether (sulfide) groups is 1. The highest BCUT2D eigenvalue weighted by molar-refractivity contribution is 7.98. The smallest absolute Gasteiger partial charge is 0.338 e. The fraction of sp³-hybridized carbons (Fsp3) is 0.261. The summed E-state index contributed by atoms with van der Waals surface area (Å²) in [6.45, 7) is 5.64. The number of carbonyl (C=O) groups excluding carboxylic acids is 1. The minimum atomic E-state index is -0.605. The van der Waals surface area contributed by atoms with E-state index in [1.807, 2.05) is 49.6 Å². The van der Waals surface area contributed by atoms with Gasteiger partial charge in [0.15, 0.2) is 4.80 Å². The van der Waals surface area contributed by atoms with Gasteiger partial charge in [0.2, 0.25) is 0 Å². The Balaban J connectivity index is 1.94. The van der Waals surface area contributed by atoms with Crippen molar-refractivity contribution >= 4 is 35.1 Å². The molecule has 2 aromatic heterocycles. The minimum absolute atomic E-state index is 0.217. The molecule has 3 aromatic rings. The number of hydrogen-bond acceptors (Lipinski definition) is 7. The summed E-state index contributed by atoms with van der Waals surface area (Å²) in [7, 11) is 0. The predicted molar refractivity (Wildman–Crippen MR) is 122 cm³/mol. The summed E-state index contributed by atoms with van der Waals surface area (Å²) < 4.78 is 13.0. The van der Waals surface area contributed by atoms with Crippen molar-refractivity contribution in [1.82, 2.24) is 4.57 Å². The van der Waals surface area contributed by atoms with E-state index in [-0.39, 0.29) is 12.2 Å². The van der Waals surface area contributed by atoms with E-state index < -0.39 is 12.0 Å². The van der Waals surface area contributed by atoms with Gasteiger partial charge in [-0.15, -0.1) is 11.8 Å². The van der Waals surface area contributed by atoms with Crippen molar-refractivity contribution in [2.24, 2.45) is 4.99 Å². The normalized spacial score (nSPS) is 16.3. The first-order valence-corrected chi connectivity index (χ1v) is 11.9. The van der Waals surface area contributed by atoms with Crippen molar-refractivity contribution in [2.75, 3.05) is 12.9 Å². The van der Waals surface area contributed by atoms with E-state index in [1.54, 1.807) is 36.3 Å². The highest BCUT2D eigenvalue weighted by atomic mass is 32.2. The number of allylic oxidation sites excluding steroid dienone is 1. The molecule has 0 bridgehead atoms. The molecule has 0 spiro atoms. The molecule has 1 aliphatic rings. The summed E-state index contributed by atoms with van der Waals surface area (Å²) in [5, 5.41) is 0. The summed E-state index contributed by atoms with van der Waals surface area (Å²) in [5.74, 6) is 0.912. The Morgan fingerprint density at radius 2 is 2.00 bits per heavy atom. The van der Waals surface area contributed by atoms with Gasteiger partial charge in [0.25, 0.3) is 5.56 Å². The Morgan fingerprint density at radius 3 is 2.61 bits per heavy atom. The third-order valence-electron chi connectivity index (χ3n) is 4.98. The van der Waals surface area contributed by atoms with Crippen LogP contribution in [0.25, 0.3) is 6.08 Å². The Labute approximate surface area is 187 Å². The number of furan rings is 1. The van der Waals surface area contributed by atoms with Gasteiger partial charge in [-0.1, -0.05) is 23.5 Å². The van der Waals surface area contributed by atoms with E-state index in [4.69, 9.17) is 9.15 Å². The Kier molecular flexibility index (Phi) is 6.02. The lowest BCUT2D eigenvalue weighted by Gasteiger charge is -2.24. The zero-order chi connectivity index (χ0) is 22.1. The molecular formula is C23H22N2O4S2. The topological polar surface area (TPSA) is 73.8 Å². The van der Waals surface area contributed by atoms with E-state index in [1.165, 1.54) is 11.3 Å². The van der Waals surface area contributed by atoms with Crippen LogP contribution in [0.1, 0.15) is 37.0 Å². The van der Waals surface area contributed by atoms with Gasteiger partial charge in [0, 0.05) is 11.0 Å². The van der Waals surface area contributed by atoms with Crippen LogP contribution in [0.4, 0.5) is 0 Å². The number of nitrogens with zero attached hydrogens (tertiary/aromatic N) is 2. The summed E-state index contributed by atoms with van der Waals surface area (Å²) in [4.78, 5) is 32.5. The maximum atomic E-state index is 13.4. The van der Waals surface area contributed by atoms with Crippen molar-refractivity contribution in [1.29, 1.82) is 0 Å². The van der Waals surface area contributed by atoms with Crippen molar-refractivity contribution in [2.45, 2.75) is 31.7 Å². The van der Waals surface area contributed by atoms with Crippen LogP contribution in [0.5, 0.6) is 0 Å². The SMILES string of the molecule is CCOC(=O)C1=C(C)N=c2s/c(=C\c3ccc(C)o3)c(=O)n2[C@H]1c1ccc(SC)cc1. The van der Waals surface area contributed by atoms with Crippen LogP contribution in [0, 0.1) is 6.92 Å². The van der Waals surface area contributed by atoms with E-state index in [9.17, 15) is 9.59 Å². The molecule has 0 N–H and O–H groups in total. The number of thiazole rings is 1. The van der Waals surface area contributed by atoms with E-state index in [0.717, 1.165) is 16.2 Å². The number of fused-ring (bicyclic) bond motifs is 1. The fourth-order valence-electron chi connectivity index (χ4n) is 3.55. The molecule has 160 valence electrons. The monoisotopic (exact) mass is 454 g/mol. The predicted octanol–water partition coefficient (Wildman–Crippen LogP) is 3.42. The third-order valence-corrected chi connectivity index (χ3v) is 6.71. The van der Waals surface area contributed by atoms with Crippen LogP contribution >= 0.6 is 23.1 Å². The van der Waals surface area contributed by atoms with Crippen LogP contribution < -0.4 is 14.9 Å². The number of esters is 1. The second-order valence-corrected chi connectivity index (χ2v) is 8.91. The third kappa shape index (κ3) is 4.05. The lowest BCUT2D eigenvalue weighted by atomic mass is 9.96. The molecule has 0 saturated heterocycles. The molecule has 8 heteroatoms. The van der Waals surface area contributed by atoms with Gasteiger partial charge in [-0.2, -0.15) is 0 Å². The lowest BCUT2D eigenvalue weighted by Crippen LogP contribution is -2.39. The first-order valence-electron chi connectivity index (χ1n) is 9.83. The highest BCUT2D eigenvalue weighted by Crippen LogP contribution is 2.31. The largest absolute Gasteiger partial charge is 0.463 e. The zero-order valence-corrected chi connectivity index (χ0v) is 19.3. The maximum absolute atomic E-state index is 13.4. The average molecular weight is 455 g/mol. The van der Waals surface area contributed by atoms with Crippen molar-refractivity contribution < 1.29 is 13.9 Å². The lowest BCUT2D eigenvalue weighted by molar-refractivity contribution is -0.139. The molecule has 1 aliphatic heterocycles. The van der Waals surface area contributed by atoms with E-state index in [0.29, 0.717) is 26.4 Å². The van der Waals surface area contributed by atoms with Crippen molar-refractivity contribution in [3.8, 4) is 0 Å². The molecule has 0 amide bonds. The second-order valence-electron chi connectivity index (χ2n) is 7.02. The molecule has 0 fully saturated rings. The molecule has 0 saturated carbocycles. The van der Waals surface area contributed by atoms with Gasteiger partial charge in [-0.25, -0.2) is 9.79 Å². The number of rotatable bonds is 5. The number of hydrogen-bond donors (Lipinski definition) is 0. The Hall–Kier alpha value is -2.84. The maximum Gasteiger partial charge on any atom is 0.338 e. The number of ether oxygens (including phenoxy) is 1. The summed E-state index contributed by atoms with van der Waals surface area (Å²) in [6, 6.07) is 10.9. The second kappa shape index (κ2) is 8.72. The van der Waals surface area contributed by atoms with Gasteiger partial charge in [0.05, 0.1) is 28.5 Å². The molecule has 1 aromatic carbocycles. The molecular weight excluding hydrogens is 432 g/mol. The quantitative estimate of drug-likeness (QED) is 0.436. The van der Waals surface area contributed by atoms with Crippen LogP contribution in [0.2, 0.25) is 0 Å². The van der Waals surface area contributed by atoms with Crippen molar-refractivity contribution in [3.63, 3.8) is 0 Å². The van der Waals surface area contributed by atoms with Crippen LogP contribution in [-0.4, -0.2) is 23.4 Å². The Bertz CT molecular complexity index is 1340. The van der Waals surface area contributed by atoms with Crippen LogP contribution in [-0.2, 0) is 9.53 Å². The van der Waals surface area contributed by atoms with Crippen LogP contribution in [0.15, 0.2) is 66.8 Å². The molecule has 0 aliphatic carbocycles. The number of aromatic nitrogens is 1. The number of benzene rings is 1. The summed E-state index contributed by atoms with van der Waals surface area (Å²) in [6.07, 6.45) is 3.72. The Morgan fingerprint density at radius 1 is 1.26 bits per heavy atom. The van der Waals surface area contributed by atoms with Crippen LogP contribution in [0.3, 0.4) is 0 Å². The molecule has 0 radical (unpaired) electrons. The van der Waals surface area contributed by atoms with Gasteiger partial charge in [-0.3, -0.25) is 9.36 Å². The minimum Gasteiger partial charge on any atom is -0.463 e. The highest BCUT2D eigenvalue weighted by Gasteiger charge is 2.33. The first kappa shape index (κ1) is 21.4. The zero-order valence-electron chi connectivity index (χ0n) is 17.7. The van der Waals surface area contributed by atoms with E-state index >= 15 is 0 Å². The summed E-state index contributed by atoms with van der Waals surface area (Å²) >= 11 is 2.91. The van der Waals surface area contributed by atoms with Crippen molar-refractivity contribution in [3.05, 3.63) is 84.4 Å². The fourth-order valence-corrected chi connectivity index (χ4v) is 4.99. The standard InChI is InChI=1S/C23H22N2O4S2/c1-5-28-22(27)19-14(3)24-23-25(20(19)15-7-10-17(30-4)11-8-15)21(26)18(31-23)12-16-9-6-13(2)29-16/h6-12,20H,5H2,1-4H3/b18-12-/t20-/m0/s1.